The summed E-state index contributed by atoms with van der Waals surface area (Å²) in [6.45, 7) is 4.32. The number of ether oxygens (including phenoxy) is 1. The van der Waals surface area contributed by atoms with Gasteiger partial charge in [-0.25, -0.2) is 0 Å². The summed E-state index contributed by atoms with van der Waals surface area (Å²) in [5.41, 5.74) is 3.16. The molecule has 1 atom stereocenters. The van der Waals surface area contributed by atoms with Crippen LogP contribution in [0.5, 0.6) is 0 Å². The van der Waals surface area contributed by atoms with E-state index >= 15 is 0 Å². The van der Waals surface area contributed by atoms with E-state index in [-0.39, 0.29) is 35.3 Å². The average molecular weight is 582 g/mol. The Morgan fingerprint density at radius 2 is 1.91 bits per heavy atom. The van der Waals surface area contributed by atoms with Crippen molar-refractivity contribution in [3.8, 4) is 0 Å². The lowest BCUT2D eigenvalue weighted by molar-refractivity contribution is -0.221. The highest BCUT2D eigenvalue weighted by Gasteiger charge is 2.61. The molecule has 4 saturated heterocycles. The number of likely N-dealkylation sites (tertiary alicyclic amines) is 1. The third kappa shape index (κ3) is 4.13. The van der Waals surface area contributed by atoms with Gasteiger partial charge in [0.15, 0.2) is 0 Å². The van der Waals surface area contributed by atoms with Gasteiger partial charge < -0.3 is 9.64 Å². The van der Waals surface area contributed by atoms with Crippen molar-refractivity contribution in [2.45, 2.75) is 76.0 Å². The maximum Gasteiger partial charge on any atom is 0.259 e. The summed E-state index contributed by atoms with van der Waals surface area (Å²) in [4.78, 5) is 54.8. The SMILES string of the molecule is CC12CC(C(=O)N3CCC(n4cc(Cc5ccc6c7c(cccc57)C(=O)N6C5CCC(=O)NC5=O)cn4)CC3)(CCO1)C2. The molecule has 1 saturated carbocycles. The van der Waals surface area contributed by atoms with Crippen LogP contribution in [0.25, 0.3) is 10.8 Å². The van der Waals surface area contributed by atoms with Gasteiger partial charge >= 0.3 is 0 Å². The first kappa shape index (κ1) is 26.6. The summed E-state index contributed by atoms with van der Waals surface area (Å²) in [7, 11) is 0. The number of hydrogen-bond donors (Lipinski definition) is 1. The van der Waals surface area contributed by atoms with Gasteiger partial charge in [0, 0.05) is 49.7 Å². The second-order valence-corrected chi connectivity index (χ2v) is 13.3. The van der Waals surface area contributed by atoms with Crippen molar-refractivity contribution in [3.05, 3.63) is 59.4 Å². The maximum atomic E-state index is 13.5. The predicted molar refractivity (Wildman–Crippen MR) is 157 cm³/mol. The molecule has 3 aromatic rings. The van der Waals surface area contributed by atoms with Crippen molar-refractivity contribution in [2.75, 3.05) is 24.6 Å². The number of aromatic nitrogens is 2. The van der Waals surface area contributed by atoms with Crippen molar-refractivity contribution in [1.82, 2.24) is 20.0 Å². The lowest BCUT2D eigenvalue weighted by Gasteiger charge is -2.58. The van der Waals surface area contributed by atoms with Crippen LogP contribution in [-0.4, -0.2) is 69.6 Å². The molecule has 43 heavy (non-hydrogen) atoms. The van der Waals surface area contributed by atoms with Gasteiger partial charge in [-0.15, -0.1) is 0 Å². The minimum absolute atomic E-state index is 0.106. The monoisotopic (exact) mass is 581 g/mol. The number of piperidine rings is 2. The lowest BCUT2D eigenvalue weighted by atomic mass is 9.55. The highest BCUT2D eigenvalue weighted by atomic mass is 16.5. The molecule has 0 radical (unpaired) electrons. The number of nitrogens with zero attached hydrogens (tertiary/aromatic N) is 4. The summed E-state index contributed by atoms with van der Waals surface area (Å²) in [5, 5.41) is 8.94. The van der Waals surface area contributed by atoms with Crippen LogP contribution in [0.4, 0.5) is 5.69 Å². The van der Waals surface area contributed by atoms with Gasteiger partial charge in [-0.3, -0.25) is 34.1 Å². The number of amides is 4. The van der Waals surface area contributed by atoms with Gasteiger partial charge in [0.2, 0.25) is 17.7 Å². The third-order valence-corrected chi connectivity index (χ3v) is 10.4. The molecule has 10 heteroatoms. The van der Waals surface area contributed by atoms with Crippen molar-refractivity contribution in [2.24, 2.45) is 5.41 Å². The minimum Gasteiger partial charge on any atom is -0.375 e. The number of carbonyl (C=O) groups excluding carboxylic acids is 4. The number of hydrogen-bond acceptors (Lipinski definition) is 6. The van der Waals surface area contributed by atoms with Crippen LogP contribution in [0.1, 0.15) is 79.4 Å². The molecule has 1 aromatic heterocycles. The number of imide groups is 1. The summed E-state index contributed by atoms with van der Waals surface area (Å²) < 4.78 is 7.92. The Balaban J connectivity index is 0.973. The predicted octanol–water partition coefficient (Wildman–Crippen LogP) is 3.52. The molecule has 0 spiro atoms. The molecule has 2 aromatic carbocycles. The van der Waals surface area contributed by atoms with Gasteiger partial charge in [0.25, 0.3) is 5.91 Å². The molecule has 9 rings (SSSR count). The molecule has 6 aliphatic rings. The molecule has 4 amide bonds. The van der Waals surface area contributed by atoms with Gasteiger partial charge in [-0.1, -0.05) is 18.2 Å². The van der Waals surface area contributed by atoms with Gasteiger partial charge in [0.1, 0.15) is 6.04 Å². The molecule has 1 aliphatic carbocycles. The Hall–Kier alpha value is -4.05. The van der Waals surface area contributed by atoms with Crippen LogP contribution in [0, 0.1) is 5.41 Å². The summed E-state index contributed by atoms with van der Waals surface area (Å²) in [6, 6.07) is 9.24. The molecular weight excluding hydrogens is 546 g/mol. The fourth-order valence-corrected chi connectivity index (χ4v) is 8.43. The second kappa shape index (κ2) is 9.47. The lowest BCUT2D eigenvalue weighted by Crippen LogP contribution is -2.63. The largest absolute Gasteiger partial charge is 0.375 e. The molecule has 2 bridgehead atoms. The van der Waals surface area contributed by atoms with E-state index in [1.54, 1.807) is 4.90 Å². The van der Waals surface area contributed by atoms with Crippen molar-refractivity contribution >= 4 is 40.1 Å². The first-order valence-corrected chi connectivity index (χ1v) is 15.4. The number of anilines is 1. The van der Waals surface area contributed by atoms with Crippen LogP contribution >= 0.6 is 0 Å². The molecule has 10 nitrogen and oxygen atoms in total. The molecule has 6 heterocycles. The highest BCUT2D eigenvalue weighted by molar-refractivity contribution is 6.27. The Kier molecular flexibility index (Phi) is 5.85. The van der Waals surface area contributed by atoms with Gasteiger partial charge in [0.05, 0.1) is 28.9 Å². The normalized spacial score (nSPS) is 28.8. The number of benzene rings is 2. The fraction of sp³-hybridized carbons (Fsp3) is 0.485. The highest BCUT2D eigenvalue weighted by Crippen LogP contribution is 2.57. The topological polar surface area (TPSA) is 114 Å². The molecule has 1 N–H and O–H groups in total. The third-order valence-electron chi connectivity index (χ3n) is 10.4. The number of rotatable bonds is 5. The van der Waals surface area contributed by atoms with Crippen LogP contribution < -0.4 is 10.2 Å². The first-order valence-electron chi connectivity index (χ1n) is 15.4. The van der Waals surface area contributed by atoms with Crippen LogP contribution in [0.2, 0.25) is 0 Å². The Labute approximate surface area is 249 Å². The summed E-state index contributed by atoms with van der Waals surface area (Å²) in [5.74, 6) is -0.611. The van der Waals surface area contributed by atoms with Crippen molar-refractivity contribution in [1.29, 1.82) is 0 Å². The zero-order chi connectivity index (χ0) is 29.5. The van der Waals surface area contributed by atoms with Crippen molar-refractivity contribution in [3.63, 3.8) is 0 Å². The van der Waals surface area contributed by atoms with E-state index in [0.717, 1.165) is 72.8 Å². The van der Waals surface area contributed by atoms with E-state index in [4.69, 9.17) is 9.84 Å². The smallest absolute Gasteiger partial charge is 0.259 e. The van der Waals surface area contributed by atoms with Crippen LogP contribution in [0.15, 0.2) is 42.7 Å². The van der Waals surface area contributed by atoms with E-state index in [0.29, 0.717) is 30.9 Å². The maximum absolute atomic E-state index is 13.5. The Bertz CT molecular complexity index is 1700. The van der Waals surface area contributed by atoms with Gasteiger partial charge in [-0.05, 0) is 74.1 Å². The van der Waals surface area contributed by atoms with E-state index in [1.165, 1.54) is 0 Å². The summed E-state index contributed by atoms with van der Waals surface area (Å²) in [6.07, 6.45) is 9.52. The molecule has 222 valence electrons. The van der Waals surface area contributed by atoms with Crippen LogP contribution in [-0.2, 0) is 25.5 Å². The average Bonchev–Trinajstić information content (AvgIpc) is 3.57. The fourth-order valence-electron chi connectivity index (χ4n) is 8.43. The number of fused-ring (bicyclic) bond motifs is 2. The standard InChI is InChI=1S/C33H35N5O5/c1-32-18-33(19-32,11-14-43-32)31(42)36-12-9-22(10-13-36)37-17-20(16-34-37)15-21-5-6-25-28-23(21)3-2-4-24(28)30(41)38(25)26-7-8-27(39)35-29(26)40/h2-6,16-17,22,26H,7-15,18-19H2,1H3,(H,35,39,40). The molecule has 5 aliphatic heterocycles. The summed E-state index contributed by atoms with van der Waals surface area (Å²) >= 11 is 0. The van der Waals surface area contributed by atoms with E-state index in [1.807, 2.05) is 36.5 Å². The number of nitrogens with one attached hydrogen (secondary N) is 1. The zero-order valence-corrected chi connectivity index (χ0v) is 24.3. The van der Waals surface area contributed by atoms with E-state index < -0.39 is 11.9 Å². The van der Waals surface area contributed by atoms with E-state index in [2.05, 4.69) is 28.0 Å². The molecular formula is C33H35N5O5. The van der Waals surface area contributed by atoms with Crippen LogP contribution in [0.3, 0.4) is 0 Å². The molecule has 5 fully saturated rings. The first-order chi connectivity index (χ1) is 20.7. The quantitative estimate of drug-likeness (QED) is 0.462. The number of carbonyl (C=O) groups is 4. The Morgan fingerprint density at radius 1 is 1.09 bits per heavy atom. The minimum atomic E-state index is -0.697. The zero-order valence-electron chi connectivity index (χ0n) is 24.3. The van der Waals surface area contributed by atoms with E-state index in [9.17, 15) is 19.2 Å². The van der Waals surface area contributed by atoms with Gasteiger partial charge in [-0.2, -0.15) is 5.10 Å². The Morgan fingerprint density at radius 3 is 2.67 bits per heavy atom. The molecule has 1 unspecified atom stereocenters. The second-order valence-electron chi connectivity index (χ2n) is 13.3. The van der Waals surface area contributed by atoms with Crippen molar-refractivity contribution < 1.29 is 23.9 Å².